The topological polar surface area (TPSA) is 55.4 Å². The van der Waals surface area contributed by atoms with Gasteiger partial charge in [-0.05, 0) is 37.7 Å². The molecule has 2 rings (SSSR count). The van der Waals surface area contributed by atoms with Gasteiger partial charge >= 0.3 is 0 Å². The van der Waals surface area contributed by atoms with Gasteiger partial charge in [0.1, 0.15) is 9.84 Å². The van der Waals surface area contributed by atoms with Crippen molar-refractivity contribution in [3.8, 4) is 5.75 Å². The van der Waals surface area contributed by atoms with Gasteiger partial charge in [0.2, 0.25) is 0 Å². The van der Waals surface area contributed by atoms with Crippen molar-refractivity contribution >= 4 is 9.84 Å². The van der Waals surface area contributed by atoms with Crippen LogP contribution in [0.5, 0.6) is 5.75 Å². The monoisotopic (exact) mass is 329 g/mol. The highest BCUT2D eigenvalue weighted by atomic mass is 32.2. The van der Waals surface area contributed by atoms with Gasteiger partial charge in [0.25, 0.3) is 0 Å². The molecule has 0 aliphatic heterocycles. The first kappa shape index (κ1) is 17.2. The largest absolute Gasteiger partial charge is 0.494 e. The Kier molecular flexibility index (Phi) is 5.81. The lowest BCUT2D eigenvalue weighted by Crippen LogP contribution is -2.34. The Hall–Kier alpha value is -1.14. The summed E-state index contributed by atoms with van der Waals surface area (Å²) < 4.78 is 41.7. The number of nitrogens with one attached hydrogen (secondary N) is 1. The second-order valence-corrected chi connectivity index (χ2v) is 8.31. The molecule has 124 valence electrons. The Balaban J connectivity index is 1.82. The highest BCUT2D eigenvalue weighted by molar-refractivity contribution is 7.90. The molecule has 0 bridgehead atoms. The van der Waals surface area contributed by atoms with Crippen LogP contribution in [0.15, 0.2) is 18.2 Å². The fraction of sp³-hybridized carbons (Fsp3) is 0.625. The zero-order valence-corrected chi connectivity index (χ0v) is 14.0. The van der Waals surface area contributed by atoms with Crippen molar-refractivity contribution in [2.45, 2.75) is 38.3 Å². The molecule has 0 radical (unpaired) electrons. The van der Waals surface area contributed by atoms with Crippen LogP contribution in [0.25, 0.3) is 0 Å². The van der Waals surface area contributed by atoms with Gasteiger partial charge in [-0.1, -0.05) is 12.1 Å². The fourth-order valence-electron chi connectivity index (χ4n) is 3.07. The van der Waals surface area contributed by atoms with E-state index in [1.54, 1.807) is 18.2 Å². The number of halogens is 1. The summed E-state index contributed by atoms with van der Waals surface area (Å²) in [5.74, 6) is 0.491. The molecule has 0 aromatic heterocycles. The first-order chi connectivity index (χ1) is 10.4. The second kappa shape index (κ2) is 7.42. The average molecular weight is 329 g/mol. The third kappa shape index (κ3) is 4.95. The van der Waals surface area contributed by atoms with Gasteiger partial charge < -0.3 is 10.1 Å². The minimum atomic E-state index is -2.89. The van der Waals surface area contributed by atoms with Crippen LogP contribution >= 0.6 is 0 Å². The van der Waals surface area contributed by atoms with Crippen molar-refractivity contribution in [2.24, 2.45) is 5.92 Å². The van der Waals surface area contributed by atoms with E-state index in [1.807, 2.05) is 0 Å². The Morgan fingerprint density at radius 1 is 1.27 bits per heavy atom. The number of methoxy groups -OCH3 is 1. The maximum absolute atomic E-state index is 14.0. The molecule has 1 aromatic rings. The molecule has 1 aliphatic rings. The summed E-state index contributed by atoms with van der Waals surface area (Å²) in [4.78, 5) is 0. The first-order valence-electron chi connectivity index (χ1n) is 7.61. The van der Waals surface area contributed by atoms with Crippen molar-refractivity contribution in [3.05, 3.63) is 29.6 Å². The van der Waals surface area contributed by atoms with Crippen LogP contribution in [-0.4, -0.2) is 33.6 Å². The van der Waals surface area contributed by atoms with Crippen molar-refractivity contribution in [3.63, 3.8) is 0 Å². The number of rotatable bonds is 6. The third-order valence-corrected chi connectivity index (χ3v) is 5.31. The van der Waals surface area contributed by atoms with Crippen LogP contribution in [0, 0.1) is 11.7 Å². The molecule has 0 atom stereocenters. The predicted octanol–water partition coefficient (Wildman–Crippen LogP) is 2.53. The lowest BCUT2D eigenvalue weighted by Gasteiger charge is -2.29. The predicted molar refractivity (Wildman–Crippen MR) is 85.2 cm³/mol. The van der Waals surface area contributed by atoms with Gasteiger partial charge in [-0.2, -0.15) is 0 Å². The highest BCUT2D eigenvalue weighted by Crippen LogP contribution is 2.26. The van der Waals surface area contributed by atoms with Gasteiger partial charge in [0, 0.05) is 24.4 Å². The van der Waals surface area contributed by atoms with Crippen molar-refractivity contribution < 1.29 is 17.5 Å². The summed E-state index contributed by atoms with van der Waals surface area (Å²) in [5, 5.41) is 3.37. The van der Waals surface area contributed by atoms with E-state index >= 15 is 0 Å². The summed E-state index contributed by atoms with van der Waals surface area (Å²) in [5.41, 5.74) is 0.595. The molecule has 1 fully saturated rings. The summed E-state index contributed by atoms with van der Waals surface area (Å²) in [7, 11) is -1.44. The van der Waals surface area contributed by atoms with Crippen LogP contribution in [0.1, 0.15) is 31.2 Å². The molecule has 0 saturated heterocycles. The minimum Gasteiger partial charge on any atom is -0.494 e. The van der Waals surface area contributed by atoms with Crippen LogP contribution in [0.4, 0.5) is 4.39 Å². The molecule has 22 heavy (non-hydrogen) atoms. The van der Waals surface area contributed by atoms with E-state index in [9.17, 15) is 12.8 Å². The van der Waals surface area contributed by atoms with E-state index in [0.717, 1.165) is 25.7 Å². The van der Waals surface area contributed by atoms with Gasteiger partial charge in [0.05, 0.1) is 12.9 Å². The van der Waals surface area contributed by atoms with Crippen molar-refractivity contribution in [1.82, 2.24) is 5.32 Å². The fourth-order valence-corrected chi connectivity index (χ4v) is 4.26. The van der Waals surface area contributed by atoms with Crippen LogP contribution in [-0.2, 0) is 16.4 Å². The Morgan fingerprint density at radius 2 is 1.95 bits per heavy atom. The maximum atomic E-state index is 14.0. The normalized spacial score (nSPS) is 22.5. The molecule has 1 N–H and O–H groups in total. The molecule has 0 heterocycles. The smallest absolute Gasteiger partial charge is 0.169 e. The number of ether oxygens (including phenoxy) is 1. The molecule has 1 aliphatic carbocycles. The molecule has 6 heteroatoms. The Morgan fingerprint density at radius 3 is 2.55 bits per heavy atom. The summed E-state index contributed by atoms with van der Waals surface area (Å²) in [6, 6.07) is 5.46. The van der Waals surface area contributed by atoms with Gasteiger partial charge in [-0.15, -0.1) is 0 Å². The summed E-state index contributed by atoms with van der Waals surface area (Å²) >= 11 is 0. The quantitative estimate of drug-likeness (QED) is 0.871. The lowest BCUT2D eigenvalue weighted by atomic mass is 9.87. The lowest BCUT2D eigenvalue weighted by molar-refractivity contribution is 0.306. The first-order valence-corrected chi connectivity index (χ1v) is 9.67. The minimum absolute atomic E-state index is 0.260. The van der Waals surface area contributed by atoms with Crippen LogP contribution < -0.4 is 10.1 Å². The molecular weight excluding hydrogens is 305 g/mol. The summed E-state index contributed by atoms with van der Waals surface area (Å²) in [6.45, 7) is 0.463. The highest BCUT2D eigenvalue weighted by Gasteiger charge is 2.23. The molecule has 1 aromatic carbocycles. The van der Waals surface area contributed by atoms with E-state index < -0.39 is 9.84 Å². The average Bonchev–Trinajstić information content (AvgIpc) is 2.46. The zero-order valence-electron chi connectivity index (χ0n) is 13.1. The number of hydrogen-bond acceptors (Lipinski definition) is 4. The SMILES string of the molecule is COc1cccc(CNC2CCC(CS(C)(=O)=O)CC2)c1F. The molecule has 4 nitrogen and oxygen atoms in total. The van der Waals surface area contributed by atoms with E-state index in [2.05, 4.69) is 5.32 Å². The Labute approximate surface area is 132 Å². The maximum Gasteiger partial charge on any atom is 0.169 e. The standard InChI is InChI=1S/C16H24FNO3S/c1-21-15-5-3-4-13(16(15)17)10-18-14-8-6-12(7-9-14)11-22(2,19)20/h3-5,12,14,18H,6-11H2,1-2H3. The molecule has 1 saturated carbocycles. The van der Waals surface area contributed by atoms with E-state index in [0.29, 0.717) is 18.2 Å². The van der Waals surface area contributed by atoms with Gasteiger partial charge in [0.15, 0.2) is 11.6 Å². The molecule has 0 unspecified atom stereocenters. The third-order valence-electron chi connectivity index (χ3n) is 4.23. The zero-order chi connectivity index (χ0) is 16.2. The molecule has 0 amide bonds. The van der Waals surface area contributed by atoms with Crippen molar-refractivity contribution in [2.75, 3.05) is 19.1 Å². The van der Waals surface area contributed by atoms with Crippen molar-refractivity contribution in [1.29, 1.82) is 0 Å². The van der Waals surface area contributed by atoms with E-state index in [1.165, 1.54) is 13.4 Å². The number of sulfone groups is 1. The Bertz CT molecular complexity index is 595. The van der Waals surface area contributed by atoms with E-state index in [4.69, 9.17) is 4.74 Å². The van der Waals surface area contributed by atoms with Gasteiger partial charge in [-0.3, -0.25) is 0 Å². The molecular formula is C16H24FNO3S. The molecule has 0 spiro atoms. The summed E-state index contributed by atoms with van der Waals surface area (Å²) in [6.07, 6.45) is 4.98. The number of benzene rings is 1. The number of hydrogen-bond donors (Lipinski definition) is 1. The van der Waals surface area contributed by atoms with Crippen LogP contribution in [0.2, 0.25) is 0 Å². The van der Waals surface area contributed by atoms with Crippen LogP contribution in [0.3, 0.4) is 0 Å². The van der Waals surface area contributed by atoms with E-state index in [-0.39, 0.29) is 23.2 Å². The second-order valence-electron chi connectivity index (χ2n) is 6.12. The van der Waals surface area contributed by atoms with Gasteiger partial charge in [-0.25, -0.2) is 12.8 Å².